The summed E-state index contributed by atoms with van der Waals surface area (Å²) in [5, 5.41) is 3.21. The Bertz CT molecular complexity index is 571. The van der Waals surface area contributed by atoms with E-state index in [2.05, 4.69) is 10.3 Å². The summed E-state index contributed by atoms with van der Waals surface area (Å²) in [5.74, 6) is -0.662. The van der Waals surface area contributed by atoms with E-state index in [-0.39, 0.29) is 11.9 Å². The van der Waals surface area contributed by atoms with Gasteiger partial charge in [-0.05, 0) is 49.7 Å². The topological polar surface area (TPSA) is 24.9 Å². The van der Waals surface area contributed by atoms with Crippen molar-refractivity contribution in [2.24, 2.45) is 0 Å². The molecule has 0 aliphatic carbocycles. The summed E-state index contributed by atoms with van der Waals surface area (Å²) in [6.45, 7) is 6.34. The summed E-state index contributed by atoms with van der Waals surface area (Å²) in [6.07, 6.45) is 1.15. The van der Waals surface area contributed by atoms with Crippen LogP contribution in [0.1, 0.15) is 35.3 Å². The number of aromatic nitrogens is 1. The Morgan fingerprint density at radius 3 is 2.50 bits per heavy atom. The first-order valence-corrected chi connectivity index (χ1v) is 6.64. The molecule has 106 valence electrons. The third kappa shape index (κ3) is 3.02. The van der Waals surface area contributed by atoms with Gasteiger partial charge in [0.25, 0.3) is 0 Å². The van der Waals surface area contributed by atoms with Gasteiger partial charge in [0.2, 0.25) is 0 Å². The first-order valence-electron chi connectivity index (χ1n) is 6.64. The summed E-state index contributed by atoms with van der Waals surface area (Å²) >= 11 is 0. The van der Waals surface area contributed by atoms with Crippen molar-refractivity contribution in [1.29, 1.82) is 0 Å². The zero-order valence-electron chi connectivity index (χ0n) is 11.9. The molecular formula is C16H18F2N2. The van der Waals surface area contributed by atoms with Gasteiger partial charge in [0.1, 0.15) is 11.6 Å². The van der Waals surface area contributed by atoms with Crippen molar-refractivity contribution in [1.82, 2.24) is 10.3 Å². The summed E-state index contributed by atoms with van der Waals surface area (Å²) in [6, 6.07) is 6.00. The largest absolute Gasteiger partial charge is 0.305 e. The zero-order valence-corrected chi connectivity index (χ0v) is 11.9. The van der Waals surface area contributed by atoms with Crippen LogP contribution in [0.3, 0.4) is 0 Å². The van der Waals surface area contributed by atoms with E-state index in [9.17, 15) is 8.78 Å². The highest BCUT2D eigenvalue weighted by atomic mass is 19.1. The van der Waals surface area contributed by atoms with E-state index < -0.39 is 5.82 Å². The van der Waals surface area contributed by atoms with E-state index in [0.29, 0.717) is 17.8 Å². The quantitative estimate of drug-likeness (QED) is 0.921. The van der Waals surface area contributed by atoms with Crippen LogP contribution in [-0.4, -0.2) is 11.5 Å². The highest BCUT2D eigenvalue weighted by Gasteiger charge is 2.20. The Morgan fingerprint density at radius 1 is 1.20 bits per heavy atom. The van der Waals surface area contributed by atoms with Crippen LogP contribution >= 0.6 is 0 Å². The lowest BCUT2D eigenvalue weighted by molar-refractivity contribution is 0.545. The third-order valence-corrected chi connectivity index (χ3v) is 3.22. The minimum Gasteiger partial charge on any atom is -0.305 e. The fraction of sp³-hybridized carbons (Fsp3) is 0.312. The van der Waals surface area contributed by atoms with Crippen molar-refractivity contribution in [3.8, 4) is 0 Å². The molecule has 0 amide bonds. The highest BCUT2D eigenvalue weighted by Crippen LogP contribution is 2.27. The van der Waals surface area contributed by atoms with Gasteiger partial charge in [0, 0.05) is 5.56 Å². The maximum Gasteiger partial charge on any atom is 0.141 e. The van der Waals surface area contributed by atoms with E-state index in [4.69, 9.17) is 0 Å². The normalized spacial score (nSPS) is 12.4. The Hall–Kier alpha value is -1.81. The first kappa shape index (κ1) is 14.6. The van der Waals surface area contributed by atoms with Gasteiger partial charge in [-0.25, -0.2) is 8.78 Å². The van der Waals surface area contributed by atoms with Gasteiger partial charge >= 0.3 is 0 Å². The molecule has 0 bridgehead atoms. The molecule has 0 saturated carbocycles. The Morgan fingerprint density at radius 2 is 1.95 bits per heavy atom. The van der Waals surface area contributed by atoms with Gasteiger partial charge in [-0.3, -0.25) is 4.98 Å². The minimum absolute atomic E-state index is 0.264. The van der Waals surface area contributed by atoms with E-state index in [0.717, 1.165) is 17.3 Å². The monoisotopic (exact) mass is 276 g/mol. The molecule has 2 aromatic rings. The zero-order chi connectivity index (χ0) is 14.7. The third-order valence-electron chi connectivity index (χ3n) is 3.22. The van der Waals surface area contributed by atoms with E-state index in [1.165, 1.54) is 12.1 Å². The van der Waals surface area contributed by atoms with Gasteiger partial charge in [0.05, 0.1) is 17.9 Å². The second-order valence-corrected chi connectivity index (χ2v) is 4.87. The van der Waals surface area contributed by atoms with Gasteiger partial charge in [-0.2, -0.15) is 0 Å². The number of hydrogen-bond acceptors (Lipinski definition) is 2. The molecule has 0 fully saturated rings. The summed E-state index contributed by atoms with van der Waals surface area (Å²) in [5.41, 5.74) is 2.92. The molecule has 0 saturated heterocycles. The van der Waals surface area contributed by atoms with Gasteiger partial charge < -0.3 is 5.32 Å². The number of hydrogen-bond donors (Lipinski definition) is 1. The average molecular weight is 276 g/mol. The SMILES string of the molecule is CCNC(c1ccc(F)cn1)c1c(C)cc(C)cc1F. The number of nitrogens with zero attached hydrogens (tertiary/aromatic N) is 1. The standard InChI is InChI=1S/C16H18F2N2/c1-4-19-16(14-6-5-12(17)9-20-14)15-11(3)7-10(2)8-13(15)18/h5-9,16,19H,4H2,1-3H3. The predicted molar refractivity (Wildman–Crippen MR) is 75.6 cm³/mol. The van der Waals surface area contributed by atoms with Gasteiger partial charge in [0.15, 0.2) is 0 Å². The number of rotatable bonds is 4. The second-order valence-electron chi connectivity index (χ2n) is 4.87. The van der Waals surface area contributed by atoms with Gasteiger partial charge in [-0.1, -0.05) is 13.0 Å². The molecule has 2 rings (SSSR count). The number of nitrogens with one attached hydrogen (secondary N) is 1. The second kappa shape index (κ2) is 6.09. The molecule has 0 aliphatic heterocycles. The van der Waals surface area contributed by atoms with Crippen LogP contribution in [0.4, 0.5) is 8.78 Å². The molecule has 0 spiro atoms. The summed E-state index contributed by atoms with van der Waals surface area (Å²) in [4.78, 5) is 4.07. The lowest BCUT2D eigenvalue weighted by Gasteiger charge is -2.21. The van der Waals surface area contributed by atoms with Crippen LogP contribution < -0.4 is 5.32 Å². The molecule has 1 N–H and O–H groups in total. The Balaban J connectivity index is 2.51. The molecule has 1 aromatic carbocycles. The van der Waals surface area contributed by atoms with Crippen molar-refractivity contribution >= 4 is 0 Å². The lowest BCUT2D eigenvalue weighted by atomic mass is 9.96. The minimum atomic E-state index is -0.398. The summed E-state index contributed by atoms with van der Waals surface area (Å²) in [7, 11) is 0. The van der Waals surface area contributed by atoms with Crippen molar-refractivity contribution in [2.75, 3.05) is 6.54 Å². The molecule has 0 aliphatic rings. The van der Waals surface area contributed by atoms with Crippen LogP contribution in [0.5, 0.6) is 0 Å². The van der Waals surface area contributed by atoms with Gasteiger partial charge in [-0.15, -0.1) is 0 Å². The lowest BCUT2D eigenvalue weighted by Crippen LogP contribution is -2.25. The van der Waals surface area contributed by atoms with Crippen LogP contribution in [-0.2, 0) is 0 Å². The van der Waals surface area contributed by atoms with E-state index >= 15 is 0 Å². The highest BCUT2D eigenvalue weighted by molar-refractivity contribution is 5.38. The van der Waals surface area contributed by atoms with Crippen molar-refractivity contribution in [2.45, 2.75) is 26.8 Å². The van der Waals surface area contributed by atoms with Crippen LogP contribution in [0.15, 0.2) is 30.5 Å². The predicted octanol–water partition coefficient (Wildman–Crippen LogP) is 3.68. The molecule has 20 heavy (non-hydrogen) atoms. The van der Waals surface area contributed by atoms with Crippen LogP contribution in [0.25, 0.3) is 0 Å². The number of aryl methyl sites for hydroxylation is 2. The van der Waals surface area contributed by atoms with Crippen molar-refractivity contribution in [3.63, 3.8) is 0 Å². The maximum absolute atomic E-state index is 14.3. The summed E-state index contributed by atoms with van der Waals surface area (Å²) < 4.78 is 27.3. The fourth-order valence-corrected chi connectivity index (χ4v) is 2.41. The molecule has 2 nitrogen and oxygen atoms in total. The molecule has 1 atom stereocenters. The molecule has 1 unspecified atom stereocenters. The maximum atomic E-state index is 14.3. The fourth-order valence-electron chi connectivity index (χ4n) is 2.41. The number of halogens is 2. The van der Waals surface area contributed by atoms with Crippen molar-refractivity contribution < 1.29 is 8.78 Å². The van der Waals surface area contributed by atoms with Crippen LogP contribution in [0.2, 0.25) is 0 Å². The first-order chi connectivity index (χ1) is 9.52. The molecule has 0 radical (unpaired) electrons. The van der Waals surface area contributed by atoms with Crippen molar-refractivity contribution in [3.05, 3.63) is 64.5 Å². The molecule has 1 heterocycles. The number of benzene rings is 1. The van der Waals surface area contributed by atoms with Crippen LogP contribution in [0, 0.1) is 25.5 Å². The smallest absolute Gasteiger partial charge is 0.141 e. The average Bonchev–Trinajstić information content (AvgIpc) is 2.37. The molecule has 4 heteroatoms. The Kier molecular flexibility index (Phi) is 4.45. The molecular weight excluding hydrogens is 258 g/mol. The number of pyridine rings is 1. The van der Waals surface area contributed by atoms with E-state index in [1.807, 2.05) is 26.8 Å². The molecule has 1 aromatic heterocycles. The Labute approximate surface area is 117 Å². The van der Waals surface area contributed by atoms with E-state index in [1.54, 1.807) is 6.07 Å².